The van der Waals surface area contributed by atoms with Crippen LogP contribution in [0.5, 0.6) is 0 Å². The Morgan fingerprint density at radius 1 is 1.31 bits per heavy atom. The SMILES string of the molecule is CC(C)(C)c1nccc2nocc12. The Bertz CT molecular complexity index is 426. The van der Waals surface area contributed by atoms with Crippen LogP contribution in [0.2, 0.25) is 0 Å². The molecule has 0 saturated carbocycles. The van der Waals surface area contributed by atoms with Crippen molar-refractivity contribution in [3.63, 3.8) is 0 Å². The first-order chi connectivity index (χ1) is 6.09. The van der Waals surface area contributed by atoms with Crippen molar-refractivity contribution in [3.05, 3.63) is 24.2 Å². The maximum Gasteiger partial charge on any atom is 0.133 e. The summed E-state index contributed by atoms with van der Waals surface area (Å²) >= 11 is 0. The fraction of sp³-hybridized carbons (Fsp3) is 0.400. The summed E-state index contributed by atoms with van der Waals surface area (Å²) in [5.74, 6) is 0. The molecule has 2 aromatic rings. The van der Waals surface area contributed by atoms with Crippen molar-refractivity contribution in [1.82, 2.24) is 10.1 Å². The summed E-state index contributed by atoms with van der Waals surface area (Å²) in [4.78, 5) is 4.35. The van der Waals surface area contributed by atoms with Gasteiger partial charge >= 0.3 is 0 Å². The van der Waals surface area contributed by atoms with E-state index in [1.54, 1.807) is 12.5 Å². The average molecular weight is 176 g/mol. The van der Waals surface area contributed by atoms with E-state index in [-0.39, 0.29) is 5.41 Å². The predicted octanol–water partition coefficient (Wildman–Crippen LogP) is 2.52. The van der Waals surface area contributed by atoms with Crippen LogP contribution < -0.4 is 0 Å². The summed E-state index contributed by atoms with van der Waals surface area (Å²) in [6.07, 6.45) is 3.42. The van der Waals surface area contributed by atoms with Gasteiger partial charge in [0, 0.05) is 11.6 Å². The molecule has 0 atom stereocenters. The summed E-state index contributed by atoms with van der Waals surface area (Å²) in [5.41, 5.74) is 1.94. The lowest BCUT2D eigenvalue weighted by Crippen LogP contribution is -2.13. The van der Waals surface area contributed by atoms with Gasteiger partial charge in [0.1, 0.15) is 11.8 Å². The lowest BCUT2D eigenvalue weighted by Gasteiger charge is -2.17. The van der Waals surface area contributed by atoms with E-state index in [0.29, 0.717) is 0 Å². The van der Waals surface area contributed by atoms with Crippen molar-refractivity contribution in [2.24, 2.45) is 0 Å². The third kappa shape index (κ3) is 1.30. The molecule has 0 aliphatic rings. The Morgan fingerprint density at radius 3 is 2.77 bits per heavy atom. The lowest BCUT2D eigenvalue weighted by molar-refractivity contribution is 0.428. The molecule has 0 aliphatic carbocycles. The summed E-state index contributed by atoms with van der Waals surface area (Å²) in [5, 5.41) is 4.89. The highest BCUT2D eigenvalue weighted by molar-refractivity contribution is 5.80. The molecule has 2 rings (SSSR count). The second kappa shape index (κ2) is 2.55. The van der Waals surface area contributed by atoms with Crippen LogP contribution in [0.25, 0.3) is 10.9 Å². The fourth-order valence-electron chi connectivity index (χ4n) is 1.39. The van der Waals surface area contributed by atoms with E-state index in [9.17, 15) is 0 Å². The minimum Gasteiger partial charge on any atom is -0.363 e. The van der Waals surface area contributed by atoms with Crippen LogP contribution in [0.3, 0.4) is 0 Å². The molecular formula is C10H12N2O. The van der Waals surface area contributed by atoms with Gasteiger partial charge in [-0.15, -0.1) is 0 Å². The molecule has 0 amide bonds. The van der Waals surface area contributed by atoms with Crippen molar-refractivity contribution in [2.75, 3.05) is 0 Å². The third-order valence-corrected chi connectivity index (χ3v) is 2.00. The van der Waals surface area contributed by atoms with Crippen molar-refractivity contribution in [2.45, 2.75) is 26.2 Å². The Morgan fingerprint density at radius 2 is 2.08 bits per heavy atom. The average Bonchev–Trinajstić information content (AvgIpc) is 2.48. The molecule has 13 heavy (non-hydrogen) atoms. The molecule has 0 aliphatic heterocycles. The van der Waals surface area contributed by atoms with Gasteiger partial charge in [-0.2, -0.15) is 0 Å². The number of fused-ring (bicyclic) bond motifs is 1. The monoisotopic (exact) mass is 176 g/mol. The zero-order valence-electron chi connectivity index (χ0n) is 8.03. The predicted molar refractivity (Wildman–Crippen MR) is 50.5 cm³/mol. The van der Waals surface area contributed by atoms with Crippen molar-refractivity contribution >= 4 is 10.9 Å². The van der Waals surface area contributed by atoms with Crippen molar-refractivity contribution in [1.29, 1.82) is 0 Å². The molecule has 68 valence electrons. The number of hydrogen-bond donors (Lipinski definition) is 0. The largest absolute Gasteiger partial charge is 0.363 e. The Hall–Kier alpha value is -1.38. The zero-order chi connectivity index (χ0) is 9.47. The van der Waals surface area contributed by atoms with E-state index in [1.165, 1.54) is 0 Å². The van der Waals surface area contributed by atoms with Gasteiger partial charge in [-0.3, -0.25) is 4.98 Å². The summed E-state index contributed by atoms with van der Waals surface area (Å²) in [6, 6.07) is 1.86. The maximum absolute atomic E-state index is 4.91. The molecular weight excluding hydrogens is 164 g/mol. The standard InChI is InChI=1S/C10H12N2O/c1-10(2,3)9-7-6-13-12-8(7)4-5-11-9/h4-6H,1-3H3. The minimum atomic E-state index is 0.0328. The molecule has 0 N–H and O–H groups in total. The zero-order valence-corrected chi connectivity index (χ0v) is 8.03. The van der Waals surface area contributed by atoms with Gasteiger partial charge in [-0.25, -0.2) is 0 Å². The molecule has 0 aromatic carbocycles. The third-order valence-electron chi connectivity index (χ3n) is 2.00. The van der Waals surface area contributed by atoms with Crippen LogP contribution in [0, 0.1) is 0 Å². The smallest absolute Gasteiger partial charge is 0.133 e. The second-order valence-corrected chi connectivity index (χ2v) is 4.16. The van der Waals surface area contributed by atoms with Gasteiger partial charge in [-0.1, -0.05) is 25.9 Å². The number of rotatable bonds is 0. The molecule has 0 fully saturated rings. The number of nitrogens with zero attached hydrogens (tertiary/aromatic N) is 2. The van der Waals surface area contributed by atoms with Gasteiger partial charge in [0.15, 0.2) is 0 Å². The first-order valence-corrected chi connectivity index (χ1v) is 4.28. The fourth-order valence-corrected chi connectivity index (χ4v) is 1.39. The van der Waals surface area contributed by atoms with Crippen molar-refractivity contribution in [3.8, 4) is 0 Å². The van der Waals surface area contributed by atoms with Gasteiger partial charge in [0.05, 0.1) is 11.1 Å². The quantitative estimate of drug-likeness (QED) is 0.619. The molecule has 0 bridgehead atoms. The maximum atomic E-state index is 4.91. The Kier molecular flexibility index (Phi) is 1.62. The summed E-state index contributed by atoms with van der Waals surface area (Å²) < 4.78 is 4.91. The van der Waals surface area contributed by atoms with Crippen LogP contribution in [0.1, 0.15) is 26.5 Å². The topological polar surface area (TPSA) is 38.9 Å². The molecule has 3 heteroatoms. The van der Waals surface area contributed by atoms with Crippen molar-refractivity contribution < 1.29 is 4.52 Å². The van der Waals surface area contributed by atoms with Crippen LogP contribution in [0.4, 0.5) is 0 Å². The molecule has 2 heterocycles. The molecule has 0 radical (unpaired) electrons. The summed E-state index contributed by atoms with van der Waals surface area (Å²) in [7, 11) is 0. The van der Waals surface area contributed by atoms with Crippen LogP contribution in [-0.2, 0) is 5.41 Å². The highest BCUT2D eigenvalue weighted by atomic mass is 16.5. The van der Waals surface area contributed by atoms with Crippen LogP contribution in [-0.4, -0.2) is 10.1 Å². The van der Waals surface area contributed by atoms with Gasteiger partial charge in [-0.05, 0) is 6.07 Å². The first kappa shape index (κ1) is 8.23. The van der Waals surface area contributed by atoms with E-state index in [4.69, 9.17) is 4.52 Å². The number of aromatic nitrogens is 2. The highest BCUT2D eigenvalue weighted by Crippen LogP contribution is 2.26. The van der Waals surface area contributed by atoms with E-state index in [0.717, 1.165) is 16.6 Å². The normalized spacial score (nSPS) is 12.2. The van der Waals surface area contributed by atoms with E-state index >= 15 is 0 Å². The van der Waals surface area contributed by atoms with Gasteiger partial charge in [0.25, 0.3) is 0 Å². The lowest BCUT2D eigenvalue weighted by atomic mass is 9.90. The first-order valence-electron chi connectivity index (χ1n) is 4.28. The number of hydrogen-bond acceptors (Lipinski definition) is 3. The van der Waals surface area contributed by atoms with Gasteiger partial charge in [0.2, 0.25) is 0 Å². The highest BCUT2D eigenvalue weighted by Gasteiger charge is 2.19. The minimum absolute atomic E-state index is 0.0328. The van der Waals surface area contributed by atoms with E-state index in [2.05, 4.69) is 30.9 Å². The van der Waals surface area contributed by atoms with Gasteiger partial charge < -0.3 is 4.52 Å². The Labute approximate surface area is 76.8 Å². The second-order valence-electron chi connectivity index (χ2n) is 4.16. The summed E-state index contributed by atoms with van der Waals surface area (Å²) in [6.45, 7) is 6.38. The molecule has 0 spiro atoms. The molecule has 2 aromatic heterocycles. The molecule has 3 nitrogen and oxygen atoms in total. The van der Waals surface area contributed by atoms with Crippen LogP contribution >= 0.6 is 0 Å². The Balaban J connectivity index is 2.75. The van der Waals surface area contributed by atoms with E-state index in [1.807, 2.05) is 6.07 Å². The molecule has 0 unspecified atom stereocenters. The number of pyridine rings is 1. The van der Waals surface area contributed by atoms with Crippen LogP contribution in [0.15, 0.2) is 23.0 Å². The van der Waals surface area contributed by atoms with E-state index < -0.39 is 0 Å². The molecule has 0 saturated heterocycles.